The molecule has 0 fully saturated rings. The molecular formula is C15H25NO. The molecule has 0 unspecified atom stereocenters. The molecule has 1 aromatic carbocycles. The fraction of sp³-hybridized carbons (Fsp3) is 0.600. The van der Waals surface area contributed by atoms with Crippen molar-refractivity contribution in [1.82, 2.24) is 4.90 Å². The van der Waals surface area contributed by atoms with Gasteiger partial charge in [-0.25, -0.2) is 0 Å². The zero-order chi connectivity index (χ0) is 12.9. The van der Waals surface area contributed by atoms with Crippen molar-refractivity contribution < 1.29 is 4.74 Å². The Morgan fingerprint density at radius 2 is 1.65 bits per heavy atom. The molecule has 0 saturated carbocycles. The molecule has 96 valence electrons. The standard InChI is InChI=1S/C15H25NO/c1-15(2,3)13-7-9-14(10-8-13)17-12-6-11-16(4)5/h7-10H,6,11-12H2,1-5H3. The van der Waals surface area contributed by atoms with Crippen LogP contribution in [0.2, 0.25) is 0 Å². The summed E-state index contributed by atoms with van der Waals surface area (Å²) in [5, 5.41) is 0. The van der Waals surface area contributed by atoms with Crippen LogP contribution in [0.4, 0.5) is 0 Å². The molecule has 2 heteroatoms. The maximum atomic E-state index is 5.70. The van der Waals surface area contributed by atoms with Gasteiger partial charge in [-0.15, -0.1) is 0 Å². The van der Waals surface area contributed by atoms with E-state index in [1.807, 2.05) is 0 Å². The minimum Gasteiger partial charge on any atom is -0.494 e. The molecule has 0 atom stereocenters. The molecule has 0 N–H and O–H groups in total. The molecule has 0 aliphatic rings. The molecule has 0 aliphatic heterocycles. The summed E-state index contributed by atoms with van der Waals surface area (Å²) in [7, 11) is 4.16. The molecule has 0 amide bonds. The molecule has 0 radical (unpaired) electrons. The van der Waals surface area contributed by atoms with Gasteiger partial charge < -0.3 is 9.64 Å². The highest BCUT2D eigenvalue weighted by atomic mass is 16.5. The summed E-state index contributed by atoms with van der Waals surface area (Å²) in [4.78, 5) is 2.17. The van der Waals surface area contributed by atoms with Crippen LogP contribution in [-0.2, 0) is 5.41 Å². The Morgan fingerprint density at radius 3 is 2.12 bits per heavy atom. The monoisotopic (exact) mass is 235 g/mol. The minimum absolute atomic E-state index is 0.212. The SMILES string of the molecule is CN(C)CCCOc1ccc(C(C)(C)C)cc1. The van der Waals surface area contributed by atoms with Gasteiger partial charge in [-0.2, -0.15) is 0 Å². The number of nitrogens with zero attached hydrogens (tertiary/aromatic N) is 1. The summed E-state index contributed by atoms with van der Waals surface area (Å²) in [6, 6.07) is 8.44. The highest BCUT2D eigenvalue weighted by molar-refractivity contribution is 5.31. The second-order valence-electron chi connectivity index (χ2n) is 5.78. The third-order valence-corrected chi connectivity index (χ3v) is 2.74. The van der Waals surface area contributed by atoms with Crippen LogP contribution < -0.4 is 4.74 Å². The first-order valence-corrected chi connectivity index (χ1v) is 6.27. The normalized spacial score (nSPS) is 11.9. The van der Waals surface area contributed by atoms with E-state index in [9.17, 15) is 0 Å². The maximum absolute atomic E-state index is 5.70. The van der Waals surface area contributed by atoms with E-state index in [1.165, 1.54) is 5.56 Å². The van der Waals surface area contributed by atoms with Crippen molar-refractivity contribution in [3.05, 3.63) is 29.8 Å². The predicted octanol–water partition coefficient (Wildman–Crippen LogP) is 3.31. The molecule has 0 bridgehead atoms. The quantitative estimate of drug-likeness (QED) is 0.726. The Morgan fingerprint density at radius 1 is 1.06 bits per heavy atom. The fourth-order valence-corrected chi connectivity index (χ4v) is 1.62. The zero-order valence-corrected chi connectivity index (χ0v) is 11.8. The molecule has 0 aliphatic carbocycles. The highest BCUT2D eigenvalue weighted by Gasteiger charge is 2.12. The van der Waals surface area contributed by atoms with Crippen molar-refractivity contribution in [2.75, 3.05) is 27.2 Å². The van der Waals surface area contributed by atoms with Gasteiger partial charge in [0.1, 0.15) is 5.75 Å². The minimum atomic E-state index is 0.212. The van der Waals surface area contributed by atoms with Crippen LogP contribution >= 0.6 is 0 Å². The average molecular weight is 235 g/mol. The van der Waals surface area contributed by atoms with Crippen molar-refractivity contribution in [1.29, 1.82) is 0 Å². The summed E-state index contributed by atoms with van der Waals surface area (Å²) >= 11 is 0. The summed E-state index contributed by atoms with van der Waals surface area (Å²) in [6.07, 6.45) is 1.06. The summed E-state index contributed by atoms with van der Waals surface area (Å²) in [6.45, 7) is 8.52. The maximum Gasteiger partial charge on any atom is 0.119 e. The van der Waals surface area contributed by atoms with E-state index in [2.05, 4.69) is 64.0 Å². The van der Waals surface area contributed by atoms with Gasteiger partial charge in [-0.3, -0.25) is 0 Å². The van der Waals surface area contributed by atoms with Gasteiger partial charge in [-0.1, -0.05) is 32.9 Å². The number of benzene rings is 1. The lowest BCUT2D eigenvalue weighted by Gasteiger charge is -2.19. The van der Waals surface area contributed by atoms with Gasteiger partial charge >= 0.3 is 0 Å². The first-order chi connectivity index (χ1) is 7.89. The number of ether oxygens (including phenoxy) is 1. The molecule has 1 aromatic rings. The number of hydrogen-bond donors (Lipinski definition) is 0. The van der Waals surface area contributed by atoms with E-state index in [1.54, 1.807) is 0 Å². The predicted molar refractivity (Wildman–Crippen MR) is 73.8 cm³/mol. The topological polar surface area (TPSA) is 12.5 Å². The molecule has 0 aromatic heterocycles. The lowest BCUT2D eigenvalue weighted by molar-refractivity contribution is 0.281. The number of hydrogen-bond acceptors (Lipinski definition) is 2. The molecular weight excluding hydrogens is 210 g/mol. The van der Waals surface area contributed by atoms with Crippen molar-refractivity contribution >= 4 is 0 Å². The Hall–Kier alpha value is -1.02. The van der Waals surface area contributed by atoms with Gasteiger partial charge in [0.2, 0.25) is 0 Å². The van der Waals surface area contributed by atoms with E-state index in [0.717, 1.165) is 25.3 Å². The van der Waals surface area contributed by atoms with Crippen LogP contribution in [0.1, 0.15) is 32.8 Å². The van der Waals surface area contributed by atoms with Gasteiger partial charge in [0, 0.05) is 6.54 Å². The average Bonchev–Trinajstić information content (AvgIpc) is 2.23. The second kappa shape index (κ2) is 6.06. The van der Waals surface area contributed by atoms with Crippen molar-refractivity contribution in [2.24, 2.45) is 0 Å². The Balaban J connectivity index is 2.41. The van der Waals surface area contributed by atoms with E-state index in [-0.39, 0.29) is 5.41 Å². The van der Waals surface area contributed by atoms with E-state index < -0.39 is 0 Å². The van der Waals surface area contributed by atoms with Gasteiger partial charge in [0.15, 0.2) is 0 Å². The van der Waals surface area contributed by atoms with Gasteiger partial charge in [-0.05, 0) is 43.6 Å². The zero-order valence-electron chi connectivity index (χ0n) is 11.8. The van der Waals surface area contributed by atoms with Gasteiger partial charge in [0.25, 0.3) is 0 Å². The number of rotatable bonds is 5. The third kappa shape index (κ3) is 5.22. The molecule has 17 heavy (non-hydrogen) atoms. The van der Waals surface area contributed by atoms with E-state index in [4.69, 9.17) is 4.74 Å². The van der Waals surface area contributed by atoms with Crippen molar-refractivity contribution in [2.45, 2.75) is 32.6 Å². The first kappa shape index (κ1) is 14.0. The second-order valence-corrected chi connectivity index (χ2v) is 5.78. The summed E-state index contributed by atoms with van der Waals surface area (Å²) in [5.41, 5.74) is 1.56. The van der Waals surface area contributed by atoms with Crippen molar-refractivity contribution in [3.63, 3.8) is 0 Å². The molecule has 0 saturated heterocycles. The highest BCUT2D eigenvalue weighted by Crippen LogP contribution is 2.24. The lowest BCUT2D eigenvalue weighted by Crippen LogP contribution is -2.15. The van der Waals surface area contributed by atoms with Crippen molar-refractivity contribution in [3.8, 4) is 5.75 Å². The smallest absolute Gasteiger partial charge is 0.119 e. The third-order valence-electron chi connectivity index (χ3n) is 2.74. The van der Waals surface area contributed by atoms with Crippen LogP contribution in [0.25, 0.3) is 0 Å². The molecule has 0 heterocycles. The Labute approximate surface area is 106 Å². The lowest BCUT2D eigenvalue weighted by atomic mass is 9.87. The summed E-state index contributed by atoms with van der Waals surface area (Å²) < 4.78 is 5.70. The van der Waals surface area contributed by atoms with Crippen LogP contribution in [-0.4, -0.2) is 32.1 Å². The Kier molecular flexibility index (Phi) is 5.01. The van der Waals surface area contributed by atoms with Crippen LogP contribution in [0.5, 0.6) is 5.75 Å². The van der Waals surface area contributed by atoms with Crippen LogP contribution in [0.3, 0.4) is 0 Å². The fourth-order valence-electron chi connectivity index (χ4n) is 1.62. The van der Waals surface area contributed by atoms with Crippen LogP contribution in [0, 0.1) is 0 Å². The summed E-state index contributed by atoms with van der Waals surface area (Å²) in [5.74, 6) is 0.969. The molecule has 0 spiro atoms. The largest absolute Gasteiger partial charge is 0.494 e. The van der Waals surface area contributed by atoms with Crippen LogP contribution in [0.15, 0.2) is 24.3 Å². The molecule has 1 rings (SSSR count). The first-order valence-electron chi connectivity index (χ1n) is 6.27. The van der Waals surface area contributed by atoms with E-state index >= 15 is 0 Å². The molecule has 2 nitrogen and oxygen atoms in total. The Bertz CT molecular complexity index is 322. The van der Waals surface area contributed by atoms with Gasteiger partial charge in [0.05, 0.1) is 6.61 Å². The van der Waals surface area contributed by atoms with E-state index in [0.29, 0.717) is 0 Å².